The third-order valence-electron chi connectivity index (χ3n) is 3.70. The molecule has 0 saturated carbocycles. The van der Waals surface area contributed by atoms with Crippen LogP contribution in [0.1, 0.15) is 19.4 Å². The SMILES string of the molecule is CN(CCc1ccccc1)C(=O)C(C)(C)n1cnc(N)c1. The van der Waals surface area contributed by atoms with Crippen LogP contribution in [-0.4, -0.2) is 34.0 Å². The van der Waals surface area contributed by atoms with Crippen LogP contribution in [0.25, 0.3) is 0 Å². The Morgan fingerprint density at radius 1 is 1.33 bits per heavy atom. The van der Waals surface area contributed by atoms with Crippen molar-refractivity contribution in [3.05, 3.63) is 48.4 Å². The fraction of sp³-hybridized carbons (Fsp3) is 0.375. The van der Waals surface area contributed by atoms with Crippen molar-refractivity contribution in [3.63, 3.8) is 0 Å². The average molecular weight is 286 g/mol. The molecule has 1 amide bonds. The molecule has 0 aliphatic carbocycles. The van der Waals surface area contributed by atoms with Crippen LogP contribution >= 0.6 is 0 Å². The van der Waals surface area contributed by atoms with Crippen LogP contribution in [0.5, 0.6) is 0 Å². The van der Waals surface area contributed by atoms with Crippen LogP contribution in [0, 0.1) is 0 Å². The first-order valence-electron chi connectivity index (χ1n) is 7.00. The van der Waals surface area contributed by atoms with Gasteiger partial charge in [0, 0.05) is 19.8 Å². The van der Waals surface area contributed by atoms with Crippen LogP contribution < -0.4 is 5.73 Å². The summed E-state index contributed by atoms with van der Waals surface area (Å²) in [5.41, 5.74) is 6.15. The monoisotopic (exact) mass is 286 g/mol. The van der Waals surface area contributed by atoms with E-state index in [0.29, 0.717) is 12.4 Å². The molecule has 1 aromatic heterocycles. The molecule has 0 fully saturated rings. The van der Waals surface area contributed by atoms with E-state index >= 15 is 0 Å². The molecule has 5 nitrogen and oxygen atoms in total. The maximum Gasteiger partial charge on any atom is 0.248 e. The lowest BCUT2D eigenvalue weighted by Crippen LogP contribution is -2.45. The van der Waals surface area contributed by atoms with Gasteiger partial charge in [0.2, 0.25) is 5.91 Å². The fourth-order valence-corrected chi connectivity index (χ4v) is 2.26. The van der Waals surface area contributed by atoms with Crippen molar-refractivity contribution < 1.29 is 4.79 Å². The molecule has 0 aliphatic heterocycles. The highest BCUT2D eigenvalue weighted by atomic mass is 16.2. The van der Waals surface area contributed by atoms with Gasteiger partial charge in [0.15, 0.2) is 0 Å². The number of benzene rings is 1. The normalized spacial score (nSPS) is 11.4. The predicted octanol–water partition coefficient (Wildman–Crippen LogP) is 1.90. The highest BCUT2D eigenvalue weighted by Gasteiger charge is 2.32. The van der Waals surface area contributed by atoms with E-state index in [0.717, 1.165) is 6.42 Å². The number of likely N-dealkylation sites (N-methyl/N-ethyl adjacent to an activating group) is 1. The Hall–Kier alpha value is -2.30. The van der Waals surface area contributed by atoms with E-state index in [-0.39, 0.29) is 5.91 Å². The molecule has 1 aromatic carbocycles. The summed E-state index contributed by atoms with van der Waals surface area (Å²) in [4.78, 5) is 18.4. The summed E-state index contributed by atoms with van der Waals surface area (Å²) in [7, 11) is 1.83. The second kappa shape index (κ2) is 5.99. The molecule has 5 heteroatoms. The smallest absolute Gasteiger partial charge is 0.248 e. The summed E-state index contributed by atoms with van der Waals surface area (Å²) in [6.07, 6.45) is 4.12. The Balaban J connectivity index is 2.01. The van der Waals surface area contributed by atoms with Gasteiger partial charge in [-0.15, -0.1) is 0 Å². The van der Waals surface area contributed by atoms with Crippen LogP contribution in [0.15, 0.2) is 42.9 Å². The number of hydrogen-bond acceptors (Lipinski definition) is 3. The summed E-state index contributed by atoms with van der Waals surface area (Å²) < 4.78 is 1.75. The average Bonchev–Trinajstić information content (AvgIpc) is 2.92. The summed E-state index contributed by atoms with van der Waals surface area (Å²) in [6.45, 7) is 4.42. The molecule has 0 unspecified atom stereocenters. The topological polar surface area (TPSA) is 64.2 Å². The molecule has 0 radical (unpaired) electrons. The maximum atomic E-state index is 12.6. The number of carbonyl (C=O) groups excluding carboxylic acids is 1. The number of nitrogen functional groups attached to an aromatic ring is 1. The van der Waals surface area contributed by atoms with E-state index in [4.69, 9.17) is 5.73 Å². The number of aromatic nitrogens is 2. The highest BCUT2D eigenvalue weighted by Crippen LogP contribution is 2.19. The third-order valence-corrected chi connectivity index (χ3v) is 3.70. The molecule has 112 valence electrons. The molecule has 2 aromatic rings. The summed E-state index contributed by atoms with van der Waals surface area (Å²) in [5.74, 6) is 0.457. The number of carbonyl (C=O) groups is 1. The number of imidazole rings is 1. The molecule has 0 aliphatic rings. The Morgan fingerprint density at radius 2 is 2.00 bits per heavy atom. The molecule has 1 heterocycles. The minimum atomic E-state index is -0.698. The first kappa shape index (κ1) is 15.1. The van der Waals surface area contributed by atoms with E-state index in [9.17, 15) is 4.79 Å². The van der Waals surface area contributed by atoms with Crippen molar-refractivity contribution in [2.24, 2.45) is 0 Å². The van der Waals surface area contributed by atoms with E-state index < -0.39 is 5.54 Å². The van der Waals surface area contributed by atoms with Gasteiger partial charge < -0.3 is 15.2 Å². The molecule has 2 rings (SSSR count). The Labute approximate surface area is 125 Å². The minimum absolute atomic E-state index is 0.0378. The van der Waals surface area contributed by atoms with Gasteiger partial charge >= 0.3 is 0 Å². The van der Waals surface area contributed by atoms with Gasteiger partial charge in [-0.2, -0.15) is 0 Å². The highest BCUT2D eigenvalue weighted by molar-refractivity contribution is 5.83. The van der Waals surface area contributed by atoms with Crippen LogP contribution in [0.2, 0.25) is 0 Å². The maximum absolute atomic E-state index is 12.6. The number of amides is 1. The summed E-state index contributed by atoms with van der Waals surface area (Å²) in [6, 6.07) is 10.1. The third kappa shape index (κ3) is 3.42. The molecule has 0 spiro atoms. The quantitative estimate of drug-likeness (QED) is 0.913. The number of nitrogens with two attached hydrogens (primary N) is 1. The molecular weight excluding hydrogens is 264 g/mol. The Bertz CT molecular complexity index is 604. The zero-order valence-corrected chi connectivity index (χ0v) is 12.8. The van der Waals surface area contributed by atoms with Crippen LogP contribution in [0.4, 0.5) is 5.82 Å². The second-order valence-corrected chi connectivity index (χ2v) is 5.73. The van der Waals surface area contributed by atoms with Gasteiger partial charge in [-0.1, -0.05) is 30.3 Å². The van der Waals surface area contributed by atoms with E-state index in [2.05, 4.69) is 17.1 Å². The summed E-state index contributed by atoms with van der Waals surface area (Å²) >= 11 is 0. The number of anilines is 1. The van der Waals surface area contributed by atoms with Gasteiger partial charge in [0.1, 0.15) is 11.4 Å². The van der Waals surface area contributed by atoms with E-state index in [1.54, 1.807) is 22.0 Å². The first-order valence-corrected chi connectivity index (χ1v) is 7.00. The second-order valence-electron chi connectivity index (χ2n) is 5.73. The molecule has 0 bridgehead atoms. The fourth-order valence-electron chi connectivity index (χ4n) is 2.26. The van der Waals surface area contributed by atoms with E-state index in [1.807, 2.05) is 39.1 Å². The number of nitrogens with zero attached hydrogens (tertiary/aromatic N) is 3. The lowest BCUT2D eigenvalue weighted by molar-refractivity contribution is -0.137. The van der Waals surface area contributed by atoms with Gasteiger partial charge in [-0.25, -0.2) is 4.98 Å². The summed E-state index contributed by atoms with van der Waals surface area (Å²) in [5, 5.41) is 0. The van der Waals surface area contributed by atoms with Crippen LogP contribution in [0.3, 0.4) is 0 Å². The minimum Gasteiger partial charge on any atom is -0.382 e. The largest absolute Gasteiger partial charge is 0.382 e. The number of hydrogen-bond donors (Lipinski definition) is 1. The van der Waals surface area contributed by atoms with Crippen molar-refractivity contribution in [1.82, 2.24) is 14.5 Å². The molecule has 21 heavy (non-hydrogen) atoms. The van der Waals surface area contributed by atoms with Gasteiger partial charge in [-0.3, -0.25) is 4.79 Å². The van der Waals surface area contributed by atoms with Gasteiger partial charge in [-0.05, 0) is 25.8 Å². The van der Waals surface area contributed by atoms with Crippen molar-refractivity contribution in [2.75, 3.05) is 19.3 Å². The Morgan fingerprint density at radius 3 is 2.57 bits per heavy atom. The Kier molecular flexibility index (Phi) is 4.31. The molecule has 2 N–H and O–H groups in total. The molecule has 0 saturated heterocycles. The van der Waals surface area contributed by atoms with Crippen molar-refractivity contribution in [2.45, 2.75) is 25.8 Å². The zero-order valence-electron chi connectivity index (χ0n) is 12.8. The van der Waals surface area contributed by atoms with E-state index in [1.165, 1.54) is 5.56 Å². The van der Waals surface area contributed by atoms with Gasteiger partial charge in [0.25, 0.3) is 0 Å². The zero-order chi connectivity index (χ0) is 15.5. The number of rotatable bonds is 5. The van der Waals surface area contributed by atoms with Crippen molar-refractivity contribution in [3.8, 4) is 0 Å². The van der Waals surface area contributed by atoms with Crippen LogP contribution in [-0.2, 0) is 16.8 Å². The standard InChI is InChI=1S/C16H22N4O/c1-16(2,20-11-14(17)18-12-20)15(21)19(3)10-9-13-7-5-4-6-8-13/h4-8,11-12H,9-10,17H2,1-3H3. The molecular formula is C16H22N4O. The molecule has 0 atom stereocenters. The van der Waals surface area contributed by atoms with Crippen molar-refractivity contribution >= 4 is 11.7 Å². The van der Waals surface area contributed by atoms with Crippen molar-refractivity contribution in [1.29, 1.82) is 0 Å². The predicted molar refractivity (Wildman–Crippen MR) is 83.7 cm³/mol. The lowest BCUT2D eigenvalue weighted by Gasteiger charge is -2.30. The lowest BCUT2D eigenvalue weighted by atomic mass is 10.0. The van der Waals surface area contributed by atoms with Gasteiger partial charge in [0.05, 0.1) is 6.33 Å². The first-order chi connectivity index (χ1) is 9.91.